The number of hydrogen-bond acceptors (Lipinski definition) is 0. The Kier molecular flexibility index (Phi) is 6.75. The van der Waals surface area contributed by atoms with Gasteiger partial charge in [0.05, 0.1) is 13.1 Å². The number of rotatable bonds is 10. The largest absolute Gasteiger partial charge is 0.245 e. The second-order valence-electron chi connectivity index (χ2n) is 9.37. The molecule has 0 radical (unpaired) electrons. The SMILES string of the molecule is CCCCn1c[n+](Cc2ccc(C[n+]3cn(CCCC)c4ccccc43)cc2)c2ccccc21. The minimum absolute atomic E-state index is 0.892. The van der Waals surface area contributed by atoms with Crippen LogP contribution in [0.3, 0.4) is 0 Å². The molecule has 0 aliphatic heterocycles. The van der Waals surface area contributed by atoms with Crippen molar-refractivity contribution in [3.8, 4) is 0 Å². The van der Waals surface area contributed by atoms with Gasteiger partial charge in [0.15, 0.2) is 22.1 Å². The maximum atomic E-state index is 2.40. The van der Waals surface area contributed by atoms with Gasteiger partial charge in [0.1, 0.15) is 13.1 Å². The van der Waals surface area contributed by atoms with E-state index in [0.29, 0.717) is 0 Å². The van der Waals surface area contributed by atoms with Crippen molar-refractivity contribution in [3.05, 3.63) is 96.6 Å². The fraction of sp³-hybridized carbons (Fsp3) is 0.333. The van der Waals surface area contributed by atoms with Crippen molar-refractivity contribution < 1.29 is 9.13 Å². The molecule has 0 fully saturated rings. The van der Waals surface area contributed by atoms with Crippen molar-refractivity contribution >= 4 is 22.1 Å². The molecule has 0 aliphatic carbocycles. The van der Waals surface area contributed by atoms with Crippen molar-refractivity contribution in [1.29, 1.82) is 0 Å². The van der Waals surface area contributed by atoms with Crippen LogP contribution in [-0.4, -0.2) is 9.13 Å². The van der Waals surface area contributed by atoms with Gasteiger partial charge in [0, 0.05) is 0 Å². The Bertz CT molecular complexity index is 1270. The van der Waals surface area contributed by atoms with Gasteiger partial charge in [0.25, 0.3) is 0 Å². The summed E-state index contributed by atoms with van der Waals surface area (Å²) in [7, 11) is 0. The molecule has 0 amide bonds. The highest BCUT2D eigenvalue weighted by Gasteiger charge is 2.17. The van der Waals surface area contributed by atoms with Gasteiger partial charge in [-0.1, -0.05) is 75.2 Å². The van der Waals surface area contributed by atoms with Gasteiger partial charge in [0.2, 0.25) is 12.7 Å². The molecule has 0 saturated heterocycles. The molecule has 0 N–H and O–H groups in total. The number of aromatic nitrogens is 4. The van der Waals surface area contributed by atoms with Gasteiger partial charge in [-0.3, -0.25) is 0 Å². The Morgan fingerprint density at radius 1 is 0.559 bits per heavy atom. The number of benzene rings is 3. The number of imidazole rings is 2. The minimum atomic E-state index is 0.892. The lowest BCUT2D eigenvalue weighted by atomic mass is 10.1. The van der Waals surface area contributed by atoms with Crippen LogP contribution >= 0.6 is 0 Å². The van der Waals surface area contributed by atoms with Crippen LogP contribution in [0.1, 0.15) is 50.7 Å². The van der Waals surface area contributed by atoms with Gasteiger partial charge in [-0.05, 0) is 48.2 Å². The number of nitrogens with zero attached hydrogens (tertiary/aromatic N) is 4. The molecule has 2 aromatic heterocycles. The summed E-state index contributed by atoms with van der Waals surface area (Å²) in [6.07, 6.45) is 9.41. The second kappa shape index (κ2) is 10.3. The molecule has 5 aromatic rings. The van der Waals surface area contributed by atoms with Crippen LogP contribution in [0.5, 0.6) is 0 Å². The van der Waals surface area contributed by atoms with Crippen LogP contribution in [0.25, 0.3) is 22.1 Å². The van der Waals surface area contributed by atoms with E-state index in [1.807, 2.05) is 0 Å². The molecule has 2 heterocycles. The summed E-state index contributed by atoms with van der Waals surface area (Å²) >= 11 is 0. The number of aryl methyl sites for hydroxylation is 2. The van der Waals surface area contributed by atoms with Crippen LogP contribution in [0.15, 0.2) is 85.5 Å². The number of fused-ring (bicyclic) bond motifs is 2. The van der Waals surface area contributed by atoms with E-state index in [4.69, 9.17) is 0 Å². The molecule has 5 rings (SSSR count). The van der Waals surface area contributed by atoms with Crippen molar-refractivity contribution in [1.82, 2.24) is 9.13 Å². The molecule has 4 heteroatoms. The fourth-order valence-corrected chi connectivity index (χ4v) is 4.89. The molecular weight excluding hydrogens is 416 g/mol. The Balaban J connectivity index is 1.35. The smallest absolute Gasteiger partial charge is 0.230 e. The van der Waals surface area contributed by atoms with Gasteiger partial charge in [-0.15, -0.1) is 0 Å². The van der Waals surface area contributed by atoms with Gasteiger partial charge in [-0.25, -0.2) is 18.3 Å². The lowest BCUT2D eigenvalue weighted by Gasteiger charge is -2.03. The lowest BCUT2D eigenvalue weighted by molar-refractivity contribution is -0.663. The molecule has 0 bridgehead atoms. The molecular formula is C30H36N4+2. The minimum Gasteiger partial charge on any atom is -0.230 e. The molecule has 174 valence electrons. The van der Waals surface area contributed by atoms with E-state index in [-0.39, 0.29) is 0 Å². The summed E-state index contributed by atoms with van der Waals surface area (Å²) in [4.78, 5) is 0. The van der Waals surface area contributed by atoms with Gasteiger partial charge in [-0.2, -0.15) is 0 Å². The maximum Gasteiger partial charge on any atom is 0.245 e. The predicted molar refractivity (Wildman–Crippen MR) is 139 cm³/mol. The first-order valence-corrected chi connectivity index (χ1v) is 12.8. The predicted octanol–water partition coefficient (Wildman–Crippen LogP) is 5.87. The van der Waals surface area contributed by atoms with E-state index in [0.717, 1.165) is 26.2 Å². The van der Waals surface area contributed by atoms with Crippen LogP contribution in [-0.2, 0) is 26.2 Å². The molecule has 0 saturated carbocycles. The average molecular weight is 453 g/mol. The van der Waals surface area contributed by atoms with Crippen molar-refractivity contribution in [2.24, 2.45) is 0 Å². The Morgan fingerprint density at radius 2 is 0.971 bits per heavy atom. The first kappa shape index (κ1) is 22.4. The first-order chi connectivity index (χ1) is 16.8. The third kappa shape index (κ3) is 4.63. The highest BCUT2D eigenvalue weighted by Crippen LogP contribution is 2.15. The molecule has 4 nitrogen and oxygen atoms in total. The fourth-order valence-electron chi connectivity index (χ4n) is 4.89. The van der Waals surface area contributed by atoms with E-state index in [1.54, 1.807) is 0 Å². The Hall–Kier alpha value is -3.40. The Morgan fingerprint density at radius 3 is 1.38 bits per heavy atom. The summed E-state index contributed by atoms with van der Waals surface area (Å²) < 4.78 is 9.57. The van der Waals surface area contributed by atoms with E-state index >= 15 is 0 Å². The maximum absolute atomic E-state index is 2.40. The highest BCUT2D eigenvalue weighted by molar-refractivity contribution is 5.72. The Labute approximate surface area is 202 Å². The normalized spacial score (nSPS) is 11.6. The summed E-state index contributed by atoms with van der Waals surface area (Å²) in [5.41, 5.74) is 7.92. The van der Waals surface area contributed by atoms with Crippen LogP contribution in [0.2, 0.25) is 0 Å². The zero-order chi connectivity index (χ0) is 23.3. The van der Waals surface area contributed by atoms with Crippen molar-refractivity contribution in [2.75, 3.05) is 0 Å². The summed E-state index contributed by atoms with van der Waals surface area (Å²) in [5, 5.41) is 0. The lowest BCUT2D eigenvalue weighted by Crippen LogP contribution is -2.33. The summed E-state index contributed by atoms with van der Waals surface area (Å²) in [6, 6.07) is 26.7. The van der Waals surface area contributed by atoms with Gasteiger partial charge >= 0.3 is 0 Å². The average Bonchev–Trinajstić information content (AvgIpc) is 3.41. The van der Waals surface area contributed by atoms with E-state index < -0.39 is 0 Å². The molecule has 0 atom stereocenters. The first-order valence-electron chi connectivity index (χ1n) is 12.8. The number of hydrogen-bond donors (Lipinski definition) is 0. The van der Waals surface area contributed by atoms with E-state index in [1.165, 1.54) is 58.9 Å². The van der Waals surface area contributed by atoms with Crippen LogP contribution in [0.4, 0.5) is 0 Å². The molecule has 0 spiro atoms. The van der Waals surface area contributed by atoms with E-state index in [2.05, 4.69) is 118 Å². The number of unbranched alkanes of at least 4 members (excludes halogenated alkanes) is 2. The van der Waals surface area contributed by atoms with Crippen molar-refractivity contribution in [3.63, 3.8) is 0 Å². The number of para-hydroxylation sites is 4. The van der Waals surface area contributed by atoms with Gasteiger partial charge < -0.3 is 0 Å². The third-order valence-electron chi connectivity index (χ3n) is 6.79. The highest BCUT2D eigenvalue weighted by atomic mass is 15.1. The summed E-state index contributed by atoms with van der Waals surface area (Å²) in [6.45, 7) is 8.44. The molecule has 3 aromatic carbocycles. The summed E-state index contributed by atoms with van der Waals surface area (Å²) in [5.74, 6) is 0. The molecule has 0 aliphatic rings. The second-order valence-corrected chi connectivity index (χ2v) is 9.37. The standard InChI is InChI=1S/C30H36N4/c1-3-5-19-31-23-33(29-13-9-7-11-27(29)31)21-25-15-17-26(18-16-25)22-34-24-32(20-6-4-2)28-12-8-10-14-30(28)34/h7-18,23-24H,3-6,19-22H2,1-2H3/q+2. The zero-order valence-corrected chi connectivity index (χ0v) is 20.5. The molecule has 0 unspecified atom stereocenters. The van der Waals surface area contributed by atoms with Crippen LogP contribution < -0.4 is 9.13 Å². The monoisotopic (exact) mass is 452 g/mol. The molecule has 34 heavy (non-hydrogen) atoms. The van der Waals surface area contributed by atoms with E-state index in [9.17, 15) is 0 Å². The van der Waals surface area contributed by atoms with Crippen LogP contribution in [0, 0.1) is 0 Å². The zero-order valence-electron chi connectivity index (χ0n) is 20.5. The topological polar surface area (TPSA) is 17.6 Å². The third-order valence-corrected chi connectivity index (χ3v) is 6.79. The quantitative estimate of drug-likeness (QED) is 0.236. The van der Waals surface area contributed by atoms with Crippen molar-refractivity contribution in [2.45, 2.75) is 65.7 Å².